The highest BCUT2D eigenvalue weighted by atomic mass is 31.0. The van der Waals surface area contributed by atoms with E-state index in [9.17, 15) is 0 Å². The SMILES string of the molecule is Pc1cccc(N2CCNCC2)c1N1CCNCC1. The van der Waals surface area contributed by atoms with Crippen molar-refractivity contribution in [2.45, 2.75) is 0 Å². The van der Waals surface area contributed by atoms with Crippen LogP contribution in [0.4, 0.5) is 11.4 Å². The Labute approximate surface area is 117 Å². The molecule has 1 atom stereocenters. The molecule has 2 fully saturated rings. The van der Waals surface area contributed by atoms with Gasteiger partial charge in [-0.1, -0.05) is 12.1 Å². The van der Waals surface area contributed by atoms with Crippen molar-refractivity contribution in [2.75, 3.05) is 62.2 Å². The molecule has 2 N–H and O–H groups in total. The molecule has 1 aromatic carbocycles. The quantitative estimate of drug-likeness (QED) is 0.746. The Morgan fingerprint density at radius 3 is 2.05 bits per heavy atom. The first-order valence-electron chi connectivity index (χ1n) is 7.16. The van der Waals surface area contributed by atoms with Gasteiger partial charge >= 0.3 is 0 Å². The maximum Gasteiger partial charge on any atom is 0.0677 e. The average Bonchev–Trinajstić information content (AvgIpc) is 2.49. The minimum Gasteiger partial charge on any atom is -0.367 e. The van der Waals surface area contributed by atoms with Crippen LogP contribution in [-0.4, -0.2) is 52.4 Å². The highest BCUT2D eigenvalue weighted by Crippen LogP contribution is 2.29. The number of rotatable bonds is 2. The fraction of sp³-hybridized carbons (Fsp3) is 0.571. The van der Waals surface area contributed by atoms with Crippen LogP contribution in [0.15, 0.2) is 18.2 Å². The summed E-state index contributed by atoms with van der Waals surface area (Å²) >= 11 is 0. The highest BCUT2D eigenvalue weighted by Gasteiger charge is 2.20. The van der Waals surface area contributed by atoms with Gasteiger partial charge in [0.15, 0.2) is 0 Å². The van der Waals surface area contributed by atoms with Crippen molar-refractivity contribution in [2.24, 2.45) is 0 Å². The molecule has 3 rings (SSSR count). The number of piperazine rings is 2. The fourth-order valence-electron chi connectivity index (χ4n) is 2.94. The van der Waals surface area contributed by atoms with Crippen LogP contribution in [-0.2, 0) is 0 Å². The van der Waals surface area contributed by atoms with E-state index in [4.69, 9.17) is 0 Å². The zero-order chi connectivity index (χ0) is 13.1. The number of anilines is 2. The molecule has 0 radical (unpaired) electrons. The summed E-state index contributed by atoms with van der Waals surface area (Å²) in [6.07, 6.45) is 0. The van der Waals surface area contributed by atoms with Crippen LogP contribution < -0.4 is 25.7 Å². The molecule has 2 saturated heterocycles. The number of nitrogens with zero attached hydrogens (tertiary/aromatic N) is 2. The van der Waals surface area contributed by atoms with E-state index in [1.807, 2.05) is 0 Å². The van der Waals surface area contributed by atoms with Crippen molar-refractivity contribution in [3.8, 4) is 0 Å². The van der Waals surface area contributed by atoms with E-state index in [-0.39, 0.29) is 0 Å². The number of hydrogen-bond acceptors (Lipinski definition) is 4. The van der Waals surface area contributed by atoms with Crippen LogP contribution in [0.3, 0.4) is 0 Å². The lowest BCUT2D eigenvalue weighted by Gasteiger charge is -2.37. The maximum absolute atomic E-state index is 3.43. The summed E-state index contributed by atoms with van der Waals surface area (Å²) in [5.74, 6) is 0. The lowest BCUT2D eigenvalue weighted by atomic mass is 10.2. The van der Waals surface area contributed by atoms with Crippen LogP contribution in [0.5, 0.6) is 0 Å². The van der Waals surface area contributed by atoms with Gasteiger partial charge < -0.3 is 20.4 Å². The second-order valence-electron chi connectivity index (χ2n) is 5.19. The van der Waals surface area contributed by atoms with Crippen LogP contribution in [0.1, 0.15) is 0 Å². The van der Waals surface area contributed by atoms with Crippen LogP contribution in [0.2, 0.25) is 0 Å². The van der Waals surface area contributed by atoms with Gasteiger partial charge in [0.05, 0.1) is 11.4 Å². The molecule has 0 bridgehead atoms. The Morgan fingerprint density at radius 2 is 1.42 bits per heavy atom. The minimum atomic E-state index is 1.08. The van der Waals surface area contributed by atoms with Crippen molar-refractivity contribution in [3.05, 3.63) is 18.2 Å². The molecule has 0 amide bonds. The van der Waals surface area contributed by atoms with Gasteiger partial charge in [0.25, 0.3) is 0 Å². The molecule has 1 unspecified atom stereocenters. The normalized spacial score (nSPS) is 20.7. The molecule has 2 aliphatic rings. The Morgan fingerprint density at radius 1 is 0.842 bits per heavy atom. The third-order valence-electron chi connectivity index (χ3n) is 3.94. The minimum absolute atomic E-state index is 1.08. The molecular weight excluding hydrogens is 255 g/mol. The molecule has 19 heavy (non-hydrogen) atoms. The van der Waals surface area contributed by atoms with E-state index in [0.29, 0.717) is 0 Å². The van der Waals surface area contributed by atoms with E-state index >= 15 is 0 Å². The van der Waals surface area contributed by atoms with Gasteiger partial charge in [0.1, 0.15) is 0 Å². The Hall–Kier alpha value is -0.830. The van der Waals surface area contributed by atoms with Gasteiger partial charge in [-0.05, 0) is 11.4 Å². The molecule has 0 aliphatic carbocycles. The Bertz CT molecular complexity index is 425. The van der Waals surface area contributed by atoms with Crippen molar-refractivity contribution < 1.29 is 0 Å². The van der Waals surface area contributed by atoms with Crippen LogP contribution in [0.25, 0.3) is 0 Å². The van der Waals surface area contributed by atoms with E-state index < -0.39 is 0 Å². The summed E-state index contributed by atoms with van der Waals surface area (Å²) in [4.78, 5) is 5.04. The summed E-state index contributed by atoms with van der Waals surface area (Å²) in [6.45, 7) is 8.75. The van der Waals surface area contributed by atoms with E-state index in [2.05, 4.69) is 47.9 Å². The number of para-hydroxylation sites is 1. The van der Waals surface area contributed by atoms with Gasteiger partial charge in [-0.3, -0.25) is 0 Å². The second kappa shape index (κ2) is 6.08. The number of nitrogens with one attached hydrogen (secondary N) is 2. The smallest absolute Gasteiger partial charge is 0.0677 e. The molecule has 1 aromatic rings. The number of benzene rings is 1. The molecule has 0 spiro atoms. The standard InChI is InChI=1S/C14H23N4P/c19-13-3-1-2-12(17-8-4-15-5-9-17)14(13)18-10-6-16-7-11-18/h1-3,15-16H,4-11,19H2. The van der Waals surface area contributed by atoms with Crippen LogP contribution in [0, 0.1) is 0 Å². The topological polar surface area (TPSA) is 30.5 Å². The third-order valence-corrected chi connectivity index (χ3v) is 4.40. The summed E-state index contributed by atoms with van der Waals surface area (Å²) in [5, 5.41) is 8.18. The van der Waals surface area contributed by atoms with Crippen LogP contribution >= 0.6 is 9.24 Å². The lowest BCUT2D eigenvalue weighted by Crippen LogP contribution is -2.47. The highest BCUT2D eigenvalue weighted by molar-refractivity contribution is 7.28. The second-order valence-corrected chi connectivity index (χ2v) is 5.81. The van der Waals surface area contributed by atoms with Gasteiger partial charge in [-0.2, -0.15) is 0 Å². The first kappa shape index (κ1) is 13.2. The first-order chi connectivity index (χ1) is 9.36. The lowest BCUT2D eigenvalue weighted by molar-refractivity contribution is 0.578. The van der Waals surface area contributed by atoms with Crippen molar-refractivity contribution >= 4 is 25.9 Å². The molecule has 0 aromatic heterocycles. The maximum atomic E-state index is 3.43. The molecule has 4 nitrogen and oxygen atoms in total. The zero-order valence-electron chi connectivity index (χ0n) is 11.4. The average molecular weight is 278 g/mol. The predicted molar refractivity (Wildman–Crippen MR) is 86.0 cm³/mol. The molecule has 0 saturated carbocycles. The van der Waals surface area contributed by atoms with E-state index in [1.54, 1.807) is 0 Å². The largest absolute Gasteiger partial charge is 0.367 e. The van der Waals surface area contributed by atoms with Gasteiger partial charge in [-0.25, -0.2) is 0 Å². The Balaban J connectivity index is 1.91. The van der Waals surface area contributed by atoms with Gasteiger partial charge in [0.2, 0.25) is 0 Å². The molecule has 104 valence electrons. The van der Waals surface area contributed by atoms with Crippen molar-refractivity contribution in [3.63, 3.8) is 0 Å². The summed E-state index contributed by atoms with van der Waals surface area (Å²) in [7, 11) is 2.91. The zero-order valence-corrected chi connectivity index (χ0v) is 12.5. The van der Waals surface area contributed by atoms with E-state index in [1.165, 1.54) is 16.7 Å². The monoisotopic (exact) mass is 278 g/mol. The molecule has 2 heterocycles. The molecule has 2 aliphatic heterocycles. The molecule has 5 heteroatoms. The van der Waals surface area contributed by atoms with Crippen molar-refractivity contribution in [1.29, 1.82) is 0 Å². The number of hydrogen-bond donors (Lipinski definition) is 2. The van der Waals surface area contributed by atoms with Gasteiger partial charge in [-0.15, -0.1) is 9.24 Å². The fourth-order valence-corrected chi connectivity index (χ4v) is 3.38. The first-order valence-corrected chi connectivity index (χ1v) is 7.74. The van der Waals surface area contributed by atoms with E-state index in [0.717, 1.165) is 52.4 Å². The van der Waals surface area contributed by atoms with Gasteiger partial charge in [0, 0.05) is 52.4 Å². The van der Waals surface area contributed by atoms with Crippen molar-refractivity contribution in [1.82, 2.24) is 10.6 Å². The Kier molecular flexibility index (Phi) is 4.21. The summed E-state index contributed by atoms with van der Waals surface area (Å²) < 4.78 is 0. The third kappa shape index (κ3) is 2.86. The predicted octanol–water partition coefficient (Wildman–Crippen LogP) is 0.00620. The molecular formula is C14H23N4P. The summed E-state index contributed by atoms with van der Waals surface area (Å²) in [6, 6.07) is 6.65. The summed E-state index contributed by atoms with van der Waals surface area (Å²) in [5.41, 5.74) is 2.81.